The Morgan fingerprint density at radius 1 is 1.03 bits per heavy atom. The van der Waals surface area contributed by atoms with Gasteiger partial charge in [-0.3, -0.25) is 9.59 Å². The number of carbonyl (C=O) groups is 1. The molecule has 2 N–H and O–H groups in total. The second-order valence-electron chi connectivity index (χ2n) is 7.69. The molecule has 3 aromatic rings. The molecule has 0 spiro atoms. The van der Waals surface area contributed by atoms with Crippen LogP contribution in [0.5, 0.6) is 0 Å². The number of rotatable bonds is 4. The molecule has 1 atom stereocenters. The molecule has 0 saturated carbocycles. The molecule has 1 unspecified atom stereocenters. The number of hydrogen-bond acceptors (Lipinski definition) is 5. The van der Waals surface area contributed by atoms with Crippen molar-refractivity contribution in [2.24, 2.45) is 0 Å². The Labute approximate surface area is 192 Å². The van der Waals surface area contributed by atoms with Gasteiger partial charge in [-0.25, -0.2) is 4.98 Å². The van der Waals surface area contributed by atoms with Crippen LogP contribution in [0.25, 0.3) is 0 Å². The van der Waals surface area contributed by atoms with Crippen LogP contribution in [0.3, 0.4) is 0 Å². The van der Waals surface area contributed by atoms with Crippen molar-refractivity contribution in [2.75, 3.05) is 5.32 Å². The highest BCUT2D eigenvalue weighted by atomic mass is 79.9. The van der Waals surface area contributed by atoms with E-state index in [0.717, 1.165) is 34.1 Å². The van der Waals surface area contributed by atoms with Gasteiger partial charge in [-0.1, -0.05) is 70.2 Å². The van der Waals surface area contributed by atoms with Crippen LogP contribution in [-0.2, 0) is 10.5 Å². The van der Waals surface area contributed by atoms with Crippen molar-refractivity contribution in [3.63, 3.8) is 0 Å². The molecule has 0 amide bonds. The molecule has 1 aliphatic carbocycles. The topological polar surface area (TPSA) is 74.8 Å². The zero-order valence-electron chi connectivity index (χ0n) is 16.7. The summed E-state index contributed by atoms with van der Waals surface area (Å²) in [5.41, 5.74) is 4.00. The van der Waals surface area contributed by atoms with E-state index in [1.165, 1.54) is 11.8 Å². The lowest BCUT2D eigenvalue weighted by molar-refractivity contribution is -0.116. The van der Waals surface area contributed by atoms with E-state index in [0.29, 0.717) is 34.3 Å². The molecule has 2 aromatic carbocycles. The van der Waals surface area contributed by atoms with Crippen LogP contribution in [0.4, 0.5) is 5.82 Å². The Bertz CT molecular complexity index is 1240. The lowest BCUT2D eigenvalue weighted by atomic mass is 9.76. The standard InChI is InChI=1S/C24H20BrN3O2S/c25-16-11-9-15(10-12-16)19-20-17(7-4-8-18(20)29)26-22-21(19)23(30)28-24(27-22)31-13-14-5-2-1-3-6-14/h1-3,5-6,9-12,19H,4,7-8,13H2,(H2,26,27,28,30). The highest BCUT2D eigenvalue weighted by Gasteiger charge is 2.37. The van der Waals surface area contributed by atoms with E-state index < -0.39 is 5.92 Å². The van der Waals surface area contributed by atoms with Crippen LogP contribution in [-0.4, -0.2) is 15.8 Å². The number of anilines is 1. The van der Waals surface area contributed by atoms with Crippen LogP contribution in [0.1, 0.15) is 41.9 Å². The summed E-state index contributed by atoms with van der Waals surface area (Å²) in [4.78, 5) is 33.8. The number of nitrogens with zero attached hydrogens (tertiary/aromatic N) is 1. The molecule has 7 heteroatoms. The first kappa shape index (κ1) is 20.3. The normalized spacial score (nSPS) is 17.7. The van der Waals surface area contributed by atoms with Gasteiger partial charge in [0, 0.05) is 33.8 Å². The minimum absolute atomic E-state index is 0.106. The van der Waals surface area contributed by atoms with E-state index in [2.05, 4.69) is 38.4 Å². The number of allylic oxidation sites excluding steroid dienone is 2. The maximum Gasteiger partial charge on any atom is 0.257 e. The van der Waals surface area contributed by atoms with Gasteiger partial charge in [0.1, 0.15) is 5.82 Å². The molecule has 0 saturated heterocycles. The highest BCUT2D eigenvalue weighted by Crippen LogP contribution is 2.43. The Kier molecular flexibility index (Phi) is 5.54. The maximum absolute atomic E-state index is 13.2. The number of thioether (sulfide) groups is 1. The quantitative estimate of drug-likeness (QED) is 0.376. The monoisotopic (exact) mass is 493 g/mol. The Balaban J connectivity index is 1.57. The van der Waals surface area contributed by atoms with Crippen LogP contribution < -0.4 is 10.9 Å². The summed E-state index contributed by atoms with van der Waals surface area (Å²) in [6, 6.07) is 17.9. The van der Waals surface area contributed by atoms with Crippen LogP contribution in [0.15, 0.2) is 80.3 Å². The third kappa shape index (κ3) is 4.00. The zero-order valence-corrected chi connectivity index (χ0v) is 19.1. The number of H-pyrrole nitrogens is 1. The number of carbonyl (C=O) groups excluding carboxylic acids is 1. The van der Waals surface area contributed by atoms with Crippen molar-refractivity contribution in [1.82, 2.24) is 9.97 Å². The molecular formula is C24H20BrN3O2S. The van der Waals surface area contributed by atoms with Gasteiger partial charge in [0.15, 0.2) is 10.9 Å². The van der Waals surface area contributed by atoms with Gasteiger partial charge in [0.05, 0.1) is 5.56 Å². The van der Waals surface area contributed by atoms with E-state index in [4.69, 9.17) is 4.98 Å². The van der Waals surface area contributed by atoms with Crippen LogP contribution in [0.2, 0.25) is 0 Å². The number of aromatic nitrogens is 2. The Morgan fingerprint density at radius 3 is 2.58 bits per heavy atom. The number of aromatic amines is 1. The van der Waals surface area contributed by atoms with E-state index in [-0.39, 0.29) is 11.3 Å². The first-order valence-corrected chi connectivity index (χ1v) is 12.0. The SMILES string of the molecule is O=C1CCCC2=C1C(c1ccc(Br)cc1)c1c(nc(SCc3ccccc3)[nH]c1=O)N2. The molecule has 1 aromatic heterocycles. The number of halogens is 1. The van der Waals surface area contributed by atoms with Crippen molar-refractivity contribution >= 4 is 39.3 Å². The van der Waals surface area contributed by atoms with Crippen molar-refractivity contribution in [1.29, 1.82) is 0 Å². The number of nitrogens with one attached hydrogen (secondary N) is 2. The fourth-order valence-corrected chi connectivity index (χ4v) is 5.30. The van der Waals surface area contributed by atoms with Crippen LogP contribution >= 0.6 is 27.7 Å². The molecule has 2 aliphatic rings. The van der Waals surface area contributed by atoms with Gasteiger partial charge >= 0.3 is 0 Å². The molecule has 31 heavy (non-hydrogen) atoms. The molecule has 5 nitrogen and oxygen atoms in total. The van der Waals surface area contributed by atoms with Gasteiger partial charge in [0.2, 0.25) is 0 Å². The van der Waals surface area contributed by atoms with E-state index in [1.807, 2.05) is 42.5 Å². The molecule has 0 fully saturated rings. The van der Waals surface area contributed by atoms with Crippen molar-refractivity contribution < 1.29 is 4.79 Å². The molecule has 2 heterocycles. The van der Waals surface area contributed by atoms with Gasteiger partial charge < -0.3 is 10.3 Å². The Morgan fingerprint density at radius 2 is 1.81 bits per heavy atom. The zero-order chi connectivity index (χ0) is 21.4. The Hall–Kier alpha value is -2.64. The molecule has 0 radical (unpaired) electrons. The van der Waals surface area contributed by atoms with Gasteiger partial charge in [0.25, 0.3) is 5.56 Å². The molecule has 0 bridgehead atoms. The number of fused-ring (bicyclic) bond motifs is 1. The molecule has 1 aliphatic heterocycles. The fraction of sp³-hybridized carbons (Fsp3) is 0.208. The van der Waals surface area contributed by atoms with Crippen molar-refractivity contribution in [2.45, 2.75) is 36.1 Å². The first-order valence-electron chi connectivity index (χ1n) is 10.2. The predicted molar refractivity (Wildman–Crippen MR) is 126 cm³/mol. The van der Waals surface area contributed by atoms with Crippen LogP contribution in [0, 0.1) is 0 Å². The van der Waals surface area contributed by atoms with E-state index in [9.17, 15) is 9.59 Å². The van der Waals surface area contributed by atoms with Gasteiger partial charge in [-0.2, -0.15) is 0 Å². The summed E-state index contributed by atoms with van der Waals surface area (Å²) in [5, 5.41) is 3.90. The summed E-state index contributed by atoms with van der Waals surface area (Å²) in [6.45, 7) is 0. The number of benzene rings is 2. The number of ketones is 1. The highest BCUT2D eigenvalue weighted by molar-refractivity contribution is 9.10. The predicted octanol–water partition coefficient (Wildman–Crippen LogP) is 5.39. The van der Waals surface area contributed by atoms with E-state index in [1.54, 1.807) is 0 Å². The second kappa shape index (κ2) is 8.48. The van der Waals surface area contributed by atoms with E-state index >= 15 is 0 Å². The average molecular weight is 494 g/mol. The average Bonchev–Trinajstić information content (AvgIpc) is 2.78. The largest absolute Gasteiger partial charge is 0.343 e. The van der Waals surface area contributed by atoms with Crippen molar-refractivity contribution in [3.05, 3.63) is 97.4 Å². The third-order valence-electron chi connectivity index (χ3n) is 5.66. The summed E-state index contributed by atoms with van der Waals surface area (Å²) in [5.74, 6) is 0.969. The summed E-state index contributed by atoms with van der Waals surface area (Å²) in [7, 11) is 0. The van der Waals surface area contributed by atoms with Gasteiger partial charge in [-0.15, -0.1) is 0 Å². The first-order chi connectivity index (χ1) is 15.1. The summed E-state index contributed by atoms with van der Waals surface area (Å²) >= 11 is 4.96. The smallest absolute Gasteiger partial charge is 0.257 e. The lowest BCUT2D eigenvalue weighted by Gasteiger charge is -2.32. The second-order valence-corrected chi connectivity index (χ2v) is 9.57. The summed E-state index contributed by atoms with van der Waals surface area (Å²) in [6.07, 6.45) is 2.11. The number of Topliss-reactive ketones (excluding diaryl/α,β-unsaturated/α-hetero) is 1. The minimum Gasteiger partial charge on any atom is -0.343 e. The molecular weight excluding hydrogens is 474 g/mol. The fourth-order valence-electron chi connectivity index (χ4n) is 4.22. The number of hydrogen-bond donors (Lipinski definition) is 2. The molecule has 5 rings (SSSR count). The third-order valence-corrected chi connectivity index (χ3v) is 7.13. The van der Waals surface area contributed by atoms with Crippen molar-refractivity contribution in [3.8, 4) is 0 Å². The summed E-state index contributed by atoms with van der Waals surface area (Å²) < 4.78 is 0.953. The lowest BCUT2D eigenvalue weighted by Crippen LogP contribution is -2.32. The maximum atomic E-state index is 13.2. The molecule has 156 valence electrons. The van der Waals surface area contributed by atoms with Gasteiger partial charge in [-0.05, 0) is 36.1 Å². The minimum atomic E-state index is -0.406.